The molecule has 0 radical (unpaired) electrons. The molecule has 102 valence electrons. The van der Waals surface area contributed by atoms with Crippen LogP contribution in [0.3, 0.4) is 0 Å². The van der Waals surface area contributed by atoms with Gasteiger partial charge in [0.05, 0.1) is 17.1 Å². The van der Waals surface area contributed by atoms with E-state index in [1.54, 1.807) is 6.07 Å². The monoisotopic (exact) mass is 352 g/mol. The van der Waals surface area contributed by atoms with Gasteiger partial charge in [0.25, 0.3) is 0 Å². The summed E-state index contributed by atoms with van der Waals surface area (Å²) in [7, 11) is 0. The van der Waals surface area contributed by atoms with E-state index in [2.05, 4.69) is 31.6 Å². The van der Waals surface area contributed by atoms with E-state index in [4.69, 9.17) is 22.0 Å². The van der Waals surface area contributed by atoms with Gasteiger partial charge in [0.2, 0.25) is 0 Å². The second-order valence-corrected chi connectivity index (χ2v) is 5.63. The van der Waals surface area contributed by atoms with Gasteiger partial charge in [-0.1, -0.05) is 11.6 Å². The number of hydrogen-bond acceptors (Lipinski definition) is 5. The molecule has 2 aromatic carbocycles. The first kappa shape index (κ1) is 13.2. The Labute approximate surface area is 128 Å². The standard InChI is InChI=1S/C13H10BrClN4O/c1-6-4-7(14)11(5-8(6)15)17-10-3-2-9(16)12-13(10)19-20-18-12/h2-5,17H,16H2,1H3. The molecule has 0 unspecified atom stereocenters. The quantitative estimate of drug-likeness (QED) is 0.673. The van der Waals surface area contributed by atoms with E-state index in [-0.39, 0.29) is 0 Å². The van der Waals surface area contributed by atoms with Gasteiger partial charge in [-0.25, -0.2) is 4.63 Å². The second kappa shape index (κ2) is 4.96. The average molecular weight is 354 g/mol. The Morgan fingerprint density at radius 2 is 1.95 bits per heavy atom. The van der Waals surface area contributed by atoms with Crippen LogP contribution in [0.2, 0.25) is 5.02 Å². The number of halogens is 2. The summed E-state index contributed by atoms with van der Waals surface area (Å²) >= 11 is 9.65. The van der Waals surface area contributed by atoms with E-state index in [0.29, 0.717) is 21.7 Å². The summed E-state index contributed by atoms with van der Waals surface area (Å²) in [5, 5.41) is 11.6. The lowest BCUT2D eigenvalue weighted by Gasteiger charge is -2.11. The predicted molar refractivity (Wildman–Crippen MR) is 83.4 cm³/mol. The van der Waals surface area contributed by atoms with Crippen molar-refractivity contribution in [2.45, 2.75) is 6.92 Å². The molecule has 0 atom stereocenters. The molecule has 1 aromatic heterocycles. The molecular weight excluding hydrogens is 344 g/mol. The van der Waals surface area contributed by atoms with Gasteiger partial charge in [-0.15, -0.1) is 0 Å². The van der Waals surface area contributed by atoms with Crippen LogP contribution in [0.1, 0.15) is 5.56 Å². The number of nitrogens with two attached hydrogens (primary N) is 1. The third-order valence-electron chi connectivity index (χ3n) is 2.96. The number of nitrogen functional groups attached to an aromatic ring is 1. The van der Waals surface area contributed by atoms with Crippen LogP contribution in [0.25, 0.3) is 11.0 Å². The number of nitrogens with zero attached hydrogens (tertiary/aromatic N) is 2. The molecular formula is C13H10BrClN4O. The minimum Gasteiger partial charge on any atom is -0.397 e. The number of anilines is 3. The Kier molecular flexibility index (Phi) is 3.27. The summed E-state index contributed by atoms with van der Waals surface area (Å²) in [4.78, 5) is 0. The van der Waals surface area contributed by atoms with Crippen molar-refractivity contribution >= 4 is 55.6 Å². The van der Waals surface area contributed by atoms with Gasteiger partial charge in [-0.3, -0.25) is 0 Å². The second-order valence-electron chi connectivity index (χ2n) is 4.37. The van der Waals surface area contributed by atoms with Crippen LogP contribution in [-0.4, -0.2) is 10.3 Å². The first-order chi connectivity index (χ1) is 9.56. The van der Waals surface area contributed by atoms with Crippen molar-refractivity contribution in [1.82, 2.24) is 10.3 Å². The first-order valence-corrected chi connectivity index (χ1v) is 6.97. The van der Waals surface area contributed by atoms with Crippen LogP contribution in [-0.2, 0) is 0 Å². The minimum atomic E-state index is 0.521. The molecule has 20 heavy (non-hydrogen) atoms. The fourth-order valence-electron chi connectivity index (χ4n) is 1.87. The fraction of sp³-hybridized carbons (Fsp3) is 0.0769. The maximum atomic E-state index is 6.15. The number of aromatic nitrogens is 2. The lowest BCUT2D eigenvalue weighted by Crippen LogP contribution is -1.95. The molecule has 0 bridgehead atoms. The van der Waals surface area contributed by atoms with Crippen molar-refractivity contribution in [2.75, 3.05) is 11.1 Å². The Morgan fingerprint density at radius 3 is 2.75 bits per heavy atom. The number of rotatable bonds is 2. The molecule has 0 saturated heterocycles. The maximum absolute atomic E-state index is 6.15. The van der Waals surface area contributed by atoms with Crippen LogP contribution < -0.4 is 11.1 Å². The lowest BCUT2D eigenvalue weighted by molar-refractivity contribution is 0.316. The molecule has 0 spiro atoms. The van der Waals surface area contributed by atoms with Gasteiger partial charge in [-0.2, -0.15) is 0 Å². The van der Waals surface area contributed by atoms with Gasteiger partial charge in [0.15, 0.2) is 11.0 Å². The van der Waals surface area contributed by atoms with E-state index in [0.717, 1.165) is 21.4 Å². The average Bonchev–Trinajstić information content (AvgIpc) is 2.89. The van der Waals surface area contributed by atoms with Crippen molar-refractivity contribution in [2.24, 2.45) is 0 Å². The highest BCUT2D eigenvalue weighted by molar-refractivity contribution is 9.10. The number of aryl methyl sites for hydroxylation is 1. The Bertz CT molecular complexity index is 802. The lowest BCUT2D eigenvalue weighted by atomic mass is 10.2. The van der Waals surface area contributed by atoms with Crippen molar-refractivity contribution < 1.29 is 4.63 Å². The third kappa shape index (κ3) is 2.21. The molecule has 0 fully saturated rings. The molecule has 3 rings (SSSR count). The zero-order valence-electron chi connectivity index (χ0n) is 10.4. The smallest absolute Gasteiger partial charge is 0.160 e. The molecule has 5 nitrogen and oxygen atoms in total. The highest BCUT2D eigenvalue weighted by Crippen LogP contribution is 2.34. The van der Waals surface area contributed by atoms with E-state index in [1.807, 2.05) is 25.1 Å². The summed E-state index contributed by atoms with van der Waals surface area (Å²) < 4.78 is 5.64. The van der Waals surface area contributed by atoms with E-state index < -0.39 is 0 Å². The Morgan fingerprint density at radius 1 is 1.20 bits per heavy atom. The van der Waals surface area contributed by atoms with Gasteiger partial charge in [-0.05, 0) is 63.0 Å². The number of fused-ring (bicyclic) bond motifs is 1. The number of benzene rings is 2. The van der Waals surface area contributed by atoms with Crippen LogP contribution in [0, 0.1) is 6.92 Å². The van der Waals surface area contributed by atoms with Crippen LogP contribution >= 0.6 is 27.5 Å². The maximum Gasteiger partial charge on any atom is 0.160 e. The minimum absolute atomic E-state index is 0.521. The fourth-order valence-corrected chi connectivity index (χ4v) is 2.59. The molecule has 0 aliphatic carbocycles. The molecule has 0 aliphatic rings. The van der Waals surface area contributed by atoms with E-state index in [9.17, 15) is 0 Å². The van der Waals surface area contributed by atoms with Crippen molar-refractivity contribution in [3.05, 3.63) is 39.3 Å². The van der Waals surface area contributed by atoms with Gasteiger partial charge < -0.3 is 11.1 Å². The SMILES string of the molecule is Cc1cc(Br)c(Nc2ccc(N)c3nonc23)cc1Cl. The summed E-state index contributed by atoms with van der Waals surface area (Å²) in [6, 6.07) is 7.36. The zero-order chi connectivity index (χ0) is 14.3. The van der Waals surface area contributed by atoms with E-state index >= 15 is 0 Å². The van der Waals surface area contributed by atoms with Gasteiger partial charge in [0.1, 0.15) is 0 Å². The first-order valence-electron chi connectivity index (χ1n) is 5.79. The highest BCUT2D eigenvalue weighted by Gasteiger charge is 2.12. The van der Waals surface area contributed by atoms with E-state index in [1.165, 1.54) is 0 Å². The highest BCUT2D eigenvalue weighted by atomic mass is 79.9. The van der Waals surface area contributed by atoms with Crippen molar-refractivity contribution in [1.29, 1.82) is 0 Å². The third-order valence-corrected chi connectivity index (χ3v) is 4.03. The topological polar surface area (TPSA) is 77.0 Å². The molecule has 0 amide bonds. The molecule has 7 heteroatoms. The van der Waals surface area contributed by atoms with Crippen molar-refractivity contribution in [3.63, 3.8) is 0 Å². The summed E-state index contributed by atoms with van der Waals surface area (Å²) in [6.07, 6.45) is 0. The van der Waals surface area contributed by atoms with Gasteiger partial charge in [0, 0.05) is 9.50 Å². The molecule has 3 aromatic rings. The summed E-state index contributed by atoms with van der Waals surface area (Å²) in [6.45, 7) is 1.94. The zero-order valence-corrected chi connectivity index (χ0v) is 12.8. The predicted octanol–water partition coefficient (Wildman–Crippen LogP) is 4.27. The summed E-state index contributed by atoms with van der Waals surface area (Å²) in [5.74, 6) is 0. The van der Waals surface area contributed by atoms with Crippen LogP contribution in [0.15, 0.2) is 33.4 Å². The molecule has 3 N–H and O–H groups in total. The Balaban J connectivity index is 2.08. The van der Waals surface area contributed by atoms with Crippen molar-refractivity contribution in [3.8, 4) is 0 Å². The molecule has 1 heterocycles. The largest absolute Gasteiger partial charge is 0.397 e. The van der Waals surface area contributed by atoms with Crippen LogP contribution in [0.4, 0.5) is 17.1 Å². The van der Waals surface area contributed by atoms with Gasteiger partial charge >= 0.3 is 0 Å². The molecule has 0 saturated carbocycles. The number of hydrogen-bond donors (Lipinski definition) is 2. The summed E-state index contributed by atoms with van der Waals surface area (Å²) in [5.41, 5.74) is 10.0. The Hall–Kier alpha value is -1.79. The number of nitrogens with one attached hydrogen (secondary N) is 1. The van der Waals surface area contributed by atoms with Crippen LogP contribution in [0.5, 0.6) is 0 Å². The molecule has 0 aliphatic heterocycles. The normalized spacial score (nSPS) is 10.9.